The maximum absolute atomic E-state index is 8.32. The van der Waals surface area contributed by atoms with Crippen molar-refractivity contribution in [3.63, 3.8) is 0 Å². The van der Waals surface area contributed by atoms with Gasteiger partial charge in [0.2, 0.25) is 0 Å². The van der Waals surface area contributed by atoms with Gasteiger partial charge in [0, 0.05) is 11.5 Å². The van der Waals surface area contributed by atoms with Gasteiger partial charge < -0.3 is 4.42 Å². The number of fused-ring (bicyclic) bond motifs is 1. The summed E-state index contributed by atoms with van der Waals surface area (Å²) in [5, 5.41) is 9.38. The molecule has 1 aromatic heterocycles. The monoisotopic (exact) mass is 169 g/mol. The second-order valence-corrected chi connectivity index (χ2v) is 2.65. The van der Waals surface area contributed by atoms with Crippen LogP contribution in [0.5, 0.6) is 0 Å². The Morgan fingerprint density at radius 1 is 1.31 bits per heavy atom. The molecule has 13 heavy (non-hydrogen) atoms. The van der Waals surface area contributed by atoms with Gasteiger partial charge in [0.1, 0.15) is 11.3 Å². The Kier molecular flexibility index (Phi) is 1.85. The van der Waals surface area contributed by atoms with Crippen LogP contribution in [0.2, 0.25) is 0 Å². The highest BCUT2D eigenvalue weighted by molar-refractivity contribution is 5.79. The van der Waals surface area contributed by atoms with Gasteiger partial charge in [-0.3, -0.25) is 0 Å². The van der Waals surface area contributed by atoms with E-state index in [4.69, 9.17) is 9.68 Å². The van der Waals surface area contributed by atoms with E-state index in [2.05, 4.69) is 0 Å². The number of furan rings is 1. The molecule has 0 saturated carbocycles. The van der Waals surface area contributed by atoms with E-state index < -0.39 is 0 Å². The van der Waals surface area contributed by atoms with Crippen LogP contribution < -0.4 is 0 Å². The van der Waals surface area contributed by atoms with Crippen LogP contribution in [0.1, 0.15) is 5.76 Å². The molecule has 0 aliphatic carbocycles. The number of benzene rings is 1. The van der Waals surface area contributed by atoms with Crippen LogP contribution in [0.4, 0.5) is 0 Å². The molecule has 0 radical (unpaired) electrons. The fourth-order valence-corrected chi connectivity index (χ4v) is 1.20. The Hall–Kier alpha value is -2.01. The number of hydrogen-bond acceptors (Lipinski definition) is 2. The van der Waals surface area contributed by atoms with Gasteiger partial charge in [-0.25, -0.2) is 0 Å². The van der Waals surface area contributed by atoms with Crippen LogP contribution in [-0.4, -0.2) is 0 Å². The second kappa shape index (κ2) is 3.16. The first-order chi connectivity index (χ1) is 6.40. The van der Waals surface area contributed by atoms with Gasteiger partial charge in [0.05, 0.1) is 6.07 Å². The molecule has 0 amide bonds. The van der Waals surface area contributed by atoms with Crippen LogP contribution in [0.25, 0.3) is 17.0 Å². The standard InChI is InChI=1S/C11H7NO/c12-7-3-5-10-8-9-4-1-2-6-11(9)13-10/h1-6,8H. The molecule has 0 spiro atoms. The predicted molar refractivity (Wildman–Crippen MR) is 50.9 cm³/mol. The Balaban J connectivity index is 2.51. The van der Waals surface area contributed by atoms with Crippen molar-refractivity contribution < 1.29 is 4.42 Å². The Bertz CT molecular complexity index is 455. The number of allylic oxidation sites excluding steroid dienone is 1. The molecule has 0 aliphatic heterocycles. The Morgan fingerprint density at radius 3 is 2.92 bits per heavy atom. The van der Waals surface area contributed by atoms with Crippen LogP contribution in [0, 0.1) is 11.3 Å². The molecule has 0 fully saturated rings. The number of hydrogen-bond donors (Lipinski definition) is 0. The molecule has 0 atom stereocenters. The maximum Gasteiger partial charge on any atom is 0.134 e. The number of para-hydroxylation sites is 1. The lowest BCUT2D eigenvalue weighted by molar-refractivity contribution is 0.604. The van der Waals surface area contributed by atoms with Crippen LogP contribution in [-0.2, 0) is 0 Å². The van der Waals surface area contributed by atoms with Gasteiger partial charge in [-0.05, 0) is 18.2 Å². The number of nitrogens with zero attached hydrogens (tertiary/aromatic N) is 1. The minimum absolute atomic E-state index is 0.711. The van der Waals surface area contributed by atoms with E-state index in [-0.39, 0.29) is 0 Å². The third-order valence-electron chi connectivity index (χ3n) is 1.77. The lowest BCUT2D eigenvalue weighted by Crippen LogP contribution is -1.57. The van der Waals surface area contributed by atoms with Crippen molar-refractivity contribution in [1.82, 2.24) is 0 Å². The van der Waals surface area contributed by atoms with Gasteiger partial charge in [0.25, 0.3) is 0 Å². The SMILES string of the molecule is N#CC=Cc1cc2ccccc2o1. The molecule has 0 saturated heterocycles. The summed E-state index contributed by atoms with van der Waals surface area (Å²) in [6.45, 7) is 0. The number of rotatable bonds is 1. The third kappa shape index (κ3) is 1.45. The fourth-order valence-electron chi connectivity index (χ4n) is 1.20. The van der Waals surface area contributed by atoms with E-state index in [1.807, 2.05) is 36.4 Å². The Morgan fingerprint density at radius 2 is 2.15 bits per heavy atom. The van der Waals surface area contributed by atoms with Gasteiger partial charge in [-0.1, -0.05) is 18.2 Å². The van der Waals surface area contributed by atoms with Crippen molar-refractivity contribution in [2.45, 2.75) is 0 Å². The molecule has 1 heterocycles. The highest BCUT2D eigenvalue weighted by Crippen LogP contribution is 2.19. The van der Waals surface area contributed by atoms with Crippen molar-refractivity contribution in [3.05, 3.63) is 42.2 Å². The van der Waals surface area contributed by atoms with Crippen molar-refractivity contribution in [3.8, 4) is 6.07 Å². The smallest absolute Gasteiger partial charge is 0.134 e. The molecule has 1 aromatic carbocycles. The molecule has 0 aliphatic rings. The molecule has 2 heteroatoms. The van der Waals surface area contributed by atoms with Gasteiger partial charge >= 0.3 is 0 Å². The van der Waals surface area contributed by atoms with Crippen molar-refractivity contribution in [2.24, 2.45) is 0 Å². The molecule has 2 aromatic rings. The van der Waals surface area contributed by atoms with Gasteiger partial charge in [-0.15, -0.1) is 0 Å². The van der Waals surface area contributed by atoms with Crippen LogP contribution in [0.3, 0.4) is 0 Å². The first-order valence-corrected chi connectivity index (χ1v) is 3.95. The van der Waals surface area contributed by atoms with E-state index >= 15 is 0 Å². The fraction of sp³-hybridized carbons (Fsp3) is 0. The highest BCUT2D eigenvalue weighted by Gasteiger charge is 1.97. The van der Waals surface area contributed by atoms with Crippen molar-refractivity contribution >= 4 is 17.0 Å². The zero-order valence-electron chi connectivity index (χ0n) is 6.90. The topological polar surface area (TPSA) is 36.9 Å². The maximum atomic E-state index is 8.32. The summed E-state index contributed by atoms with van der Waals surface area (Å²) in [7, 11) is 0. The summed E-state index contributed by atoms with van der Waals surface area (Å²) in [5.41, 5.74) is 0.847. The molecular formula is C11H7NO. The van der Waals surface area contributed by atoms with Crippen molar-refractivity contribution in [1.29, 1.82) is 5.26 Å². The van der Waals surface area contributed by atoms with Gasteiger partial charge in [-0.2, -0.15) is 5.26 Å². The summed E-state index contributed by atoms with van der Waals surface area (Å²) in [6.07, 6.45) is 3.05. The molecule has 2 rings (SSSR count). The zero-order valence-corrected chi connectivity index (χ0v) is 6.90. The molecular weight excluding hydrogens is 162 g/mol. The predicted octanol–water partition coefficient (Wildman–Crippen LogP) is 2.97. The van der Waals surface area contributed by atoms with E-state index in [1.165, 1.54) is 6.08 Å². The molecule has 62 valence electrons. The van der Waals surface area contributed by atoms with E-state index in [0.717, 1.165) is 11.0 Å². The molecule has 0 N–H and O–H groups in total. The summed E-state index contributed by atoms with van der Waals surface area (Å²) < 4.78 is 5.43. The molecule has 0 unspecified atom stereocenters. The number of nitriles is 1. The van der Waals surface area contributed by atoms with Crippen molar-refractivity contribution in [2.75, 3.05) is 0 Å². The highest BCUT2D eigenvalue weighted by atomic mass is 16.3. The summed E-state index contributed by atoms with van der Waals surface area (Å²) in [5.74, 6) is 0.711. The minimum Gasteiger partial charge on any atom is -0.457 e. The molecule has 2 nitrogen and oxygen atoms in total. The lowest BCUT2D eigenvalue weighted by Gasteiger charge is -1.82. The summed E-state index contributed by atoms with van der Waals surface area (Å²) in [6, 6.07) is 11.6. The lowest BCUT2D eigenvalue weighted by atomic mass is 10.2. The van der Waals surface area contributed by atoms with E-state index in [9.17, 15) is 0 Å². The first kappa shape index (κ1) is 7.63. The van der Waals surface area contributed by atoms with Crippen LogP contribution >= 0.6 is 0 Å². The normalized spacial score (nSPS) is 10.7. The van der Waals surface area contributed by atoms with E-state index in [1.54, 1.807) is 6.08 Å². The zero-order chi connectivity index (χ0) is 9.10. The minimum atomic E-state index is 0.711. The average molecular weight is 169 g/mol. The second-order valence-electron chi connectivity index (χ2n) is 2.65. The third-order valence-corrected chi connectivity index (χ3v) is 1.77. The van der Waals surface area contributed by atoms with E-state index in [0.29, 0.717) is 5.76 Å². The quantitative estimate of drug-likeness (QED) is 0.615. The first-order valence-electron chi connectivity index (χ1n) is 3.95. The average Bonchev–Trinajstić information content (AvgIpc) is 2.57. The Labute approximate surface area is 75.7 Å². The largest absolute Gasteiger partial charge is 0.457 e. The molecule has 0 bridgehead atoms. The van der Waals surface area contributed by atoms with Gasteiger partial charge in [0.15, 0.2) is 0 Å². The van der Waals surface area contributed by atoms with Crippen LogP contribution in [0.15, 0.2) is 40.8 Å². The summed E-state index contributed by atoms with van der Waals surface area (Å²) in [4.78, 5) is 0. The summed E-state index contributed by atoms with van der Waals surface area (Å²) >= 11 is 0.